The van der Waals surface area contributed by atoms with E-state index >= 15 is 0 Å². The molecule has 2 heterocycles. The average molecular weight is 247 g/mol. The van der Waals surface area contributed by atoms with E-state index in [0.29, 0.717) is 17.7 Å². The third-order valence-electron chi connectivity index (χ3n) is 1.49. The van der Waals surface area contributed by atoms with E-state index in [4.69, 9.17) is 16.3 Å². The van der Waals surface area contributed by atoms with Gasteiger partial charge >= 0.3 is 0 Å². The molecule has 2 aromatic heterocycles. The van der Waals surface area contributed by atoms with Crippen LogP contribution in [0.4, 0.5) is 0 Å². The van der Waals surface area contributed by atoms with Crippen LogP contribution in [0.5, 0.6) is 0 Å². The summed E-state index contributed by atoms with van der Waals surface area (Å²) in [5.74, 6) is 0. The zero-order valence-electron chi connectivity index (χ0n) is 7.14. The van der Waals surface area contributed by atoms with Crippen LogP contribution in [0, 0.1) is 0 Å². The molecule has 2 aromatic rings. The molecule has 0 aromatic carbocycles. The topological polar surface area (TPSA) is 35.0 Å². The molecule has 0 bridgehead atoms. The molecule has 3 nitrogen and oxygen atoms in total. The van der Waals surface area contributed by atoms with Gasteiger partial charge in [-0.1, -0.05) is 17.4 Å². The van der Waals surface area contributed by atoms with E-state index in [1.807, 2.05) is 17.5 Å². The molecular formula is C8H7ClN2OS2. The van der Waals surface area contributed by atoms with Gasteiger partial charge in [-0.2, -0.15) is 0 Å². The van der Waals surface area contributed by atoms with E-state index in [1.54, 1.807) is 11.3 Å². The van der Waals surface area contributed by atoms with Crippen molar-refractivity contribution in [3.05, 3.63) is 31.9 Å². The fraction of sp³-hybridized carbons (Fsp3) is 0.250. The smallest absolute Gasteiger partial charge is 0.207 e. The van der Waals surface area contributed by atoms with E-state index < -0.39 is 0 Å². The molecule has 0 atom stereocenters. The second kappa shape index (κ2) is 4.84. The first-order valence-corrected chi connectivity index (χ1v) is 6.00. The van der Waals surface area contributed by atoms with Gasteiger partial charge in [-0.15, -0.1) is 21.5 Å². The normalized spacial score (nSPS) is 10.6. The van der Waals surface area contributed by atoms with Crippen molar-refractivity contribution in [2.24, 2.45) is 0 Å². The Hall–Kier alpha value is -0.490. The number of rotatable bonds is 4. The van der Waals surface area contributed by atoms with Crippen molar-refractivity contribution in [1.29, 1.82) is 0 Å². The van der Waals surface area contributed by atoms with Crippen molar-refractivity contribution >= 4 is 34.3 Å². The summed E-state index contributed by atoms with van der Waals surface area (Å²) in [4.78, 5) is 1.21. The Morgan fingerprint density at radius 3 is 2.93 bits per heavy atom. The van der Waals surface area contributed by atoms with Gasteiger partial charge in [0, 0.05) is 4.88 Å². The second-order valence-corrected chi connectivity index (χ2v) is 5.20. The molecule has 0 fully saturated rings. The summed E-state index contributed by atoms with van der Waals surface area (Å²) < 4.78 is 5.90. The van der Waals surface area contributed by atoms with E-state index in [9.17, 15) is 0 Å². The first-order chi connectivity index (χ1) is 6.84. The van der Waals surface area contributed by atoms with Crippen molar-refractivity contribution in [1.82, 2.24) is 10.2 Å². The van der Waals surface area contributed by atoms with E-state index in [-0.39, 0.29) is 0 Å². The van der Waals surface area contributed by atoms with Crippen LogP contribution in [-0.2, 0) is 18.0 Å². The standard InChI is InChI=1S/C8H7ClN2OS2/c9-8-11-10-7(14-8)5-12-4-6-2-1-3-13-6/h1-3H,4-5H2. The maximum Gasteiger partial charge on any atom is 0.207 e. The van der Waals surface area contributed by atoms with Crippen molar-refractivity contribution in [2.75, 3.05) is 0 Å². The molecule has 0 unspecified atom stereocenters. The predicted molar refractivity (Wildman–Crippen MR) is 57.7 cm³/mol. The van der Waals surface area contributed by atoms with Gasteiger partial charge in [-0.3, -0.25) is 0 Å². The van der Waals surface area contributed by atoms with Gasteiger partial charge in [-0.05, 0) is 23.0 Å². The number of thiophene rings is 1. The molecular weight excluding hydrogens is 240 g/mol. The van der Waals surface area contributed by atoms with E-state index in [2.05, 4.69) is 10.2 Å². The van der Waals surface area contributed by atoms with Gasteiger partial charge in [0.05, 0.1) is 6.61 Å². The average Bonchev–Trinajstić information content (AvgIpc) is 2.77. The molecule has 0 spiro atoms. The van der Waals surface area contributed by atoms with E-state index in [0.717, 1.165) is 5.01 Å². The molecule has 0 amide bonds. The Labute approximate surface area is 94.3 Å². The Morgan fingerprint density at radius 2 is 2.29 bits per heavy atom. The number of ether oxygens (including phenoxy) is 1. The summed E-state index contributed by atoms with van der Waals surface area (Å²) >= 11 is 8.66. The fourth-order valence-corrected chi connectivity index (χ4v) is 2.37. The molecule has 2 rings (SSSR count). The van der Waals surface area contributed by atoms with Gasteiger partial charge in [0.1, 0.15) is 11.6 Å². The highest BCUT2D eigenvalue weighted by atomic mass is 35.5. The summed E-state index contributed by atoms with van der Waals surface area (Å²) in [5.41, 5.74) is 0. The maximum atomic E-state index is 5.63. The first-order valence-electron chi connectivity index (χ1n) is 3.92. The van der Waals surface area contributed by atoms with Crippen LogP contribution in [0.25, 0.3) is 0 Å². The van der Waals surface area contributed by atoms with Crippen LogP contribution in [-0.4, -0.2) is 10.2 Å². The second-order valence-electron chi connectivity index (χ2n) is 2.52. The van der Waals surface area contributed by atoms with Crippen molar-refractivity contribution in [2.45, 2.75) is 13.2 Å². The number of aromatic nitrogens is 2. The Kier molecular flexibility index (Phi) is 3.47. The largest absolute Gasteiger partial charge is 0.369 e. The van der Waals surface area contributed by atoms with Crippen molar-refractivity contribution < 1.29 is 4.74 Å². The lowest BCUT2D eigenvalue weighted by Crippen LogP contribution is -1.91. The number of nitrogens with zero attached hydrogens (tertiary/aromatic N) is 2. The Bertz CT molecular complexity index is 388. The molecule has 0 aliphatic rings. The Balaban J connectivity index is 1.78. The highest BCUT2D eigenvalue weighted by Gasteiger charge is 2.01. The fourth-order valence-electron chi connectivity index (χ4n) is 0.925. The molecule has 0 aliphatic carbocycles. The third kappa shape index (κ3) is 2.75. The van der Waals surface area contributed by atoms with Gasteiger partial charge in [0.2, 0.25) is 4.47 Å². The minimum atomic E-state index is 0.458. The van der Waals surface area contributed by atoms with Crippen molar-refractivity contribution in [3.63, 3.8) is 0 Å². The predicted octanol–water partition coefficient (Wildman–Crippen LogP) is 2.97. The van der Waals surface area contributed by atoms with Gasteiger partial charge in [0.25, 0.3) is 0 Å². The molecule has 0 radical (unpaired) electrons. The summed E-state index contributed by atoms with van der Waals surface area (Å²) in [7, 11) is 0. The summed E-state index contributed by atoms with van der Waals surface area (Å²) in [6, 6.07) is 4.04. The van der Waals surface area contributed by atoms with Gasteiger partial charge in [0.15, 0.2) is 0 Å². The van der Waals surface area contributed by atoms with Crippen LogP contribution < -0.4 is 0 Å². The van der Waals surface area contributed by atoms with Crippen LogP contribution in [0.15, 0.2) is 17.5 Å². The number of hydrogen-bond donors (Lipinski definition) is 0. The molecule has 0 saturated carbocycles. The highest BCUT2D eigenvalue weighted by molar-refractivity contribution is 7.15. The molecule has 14 heavy (non-hydrogen) atoms. The van der Waals surface area contributed by atoms with E-state index in [1.165, 1.54) is 16.2 Å². The zero-order chi connectivity index (χ0) is 9.80. The lowest BCUT2D eigenvalue weighted by Gasteiger charge is -1.97. The highest BCUT2D eigenvalue weighted by Crippen LogP contribution is 2.16. The summed E-state index contributed by atoms with van der Waals surface area (Å²) in [5, 5.41) is 10.4. The quantitative estimate of drug-likeness (QED) is 0.832. The van der Waals surface area contributed by atoms with Gasteiger partial charge in [-0.25, -0.2) is 0 Å². The van der Waals surface area contributed by atoms with Crippen LogP contribution in [0.2, 0.25) is 4.47 Å². The minimum absolute atomic E-state index is 0.458. The summed E-state index contributed by atoms with van der Waals surface area (Å²) in [6.07, 6.45) is 0. The number of halogens is 1. The van der Waals surface area contributed by atoms with Crippen molar-refractivity contribution in [3.8, 4) is 0 Å². The number of hydrogen-bond acceptors (Lipinski definition) is 5. The van der Waals surface area contributed by atoms with Crippen LogP contribution in [0.3, 0.4) is 0 Å². The SMILES string of the molecule is Clc1nnc(COCc2cccs2)s1. The molecule has 0 saturated heterocycles. The lowest BCUT2D eigenvalue weighted by molar-refractivity contribution is 0.108. The molecule has 6 heteroatoms. The third-order valence-corrected chi connectivity index (χ3v) is 3.33. The molecule has 0 N–H and O–H groups in total. The molecule has 0 aliphatic heterocycles. The lowest BCUT2D eigenvalue weighted by atomic mass is 10.5. The van der Waals surface area contributed by atoms with Crippen LogP contribution in [0.1, 0.15) is 9.88 Å². The minimum Gasteiger partial charge on any atom is -0.369 e. The maximum absolute atomic E-state index is 5.63. The monoisotopic (exact) mass is 246 g/mol. The Morgan fingerprint density at radius 1 is 1.36 bits per heavy atom. The molecule has 74 valence electrons. The zero-order valence-corrected chi connectivity index (χ0v) is 9.53. The van der Waals surface area contributed by atoms with Gasteiger partial charge < -0.3 is 4.74 Å². The first kappa shape index (κ1) is 10.0. The van der Waals surface area contributed by atoms with Crippen LogP contribution >= 0.6 is 34.3 Å². The summed E-state index contributed by atoms with van der Waals surface area (Å²) in [6.45, 7) is 1.09.